The van der Waals surface area contributed by atoms with Crippen LogP contribution in [-0.2, 0) is 9.59 Å². The monoisotopic (exact) mass is 355 g/mol. The van der Waals surface area contributed by atoms with Crippen LogP contribution < -0.4 is 15.4 Å². The van der Waals surface area contributed by atoms with Crippen molar-refractivity contribution in [1.82, 2.24) is 0 Å². The highest BCUT2D eigenvalue weighted by molar-refractivity contribution is 6.03. The topological polar surface area (TPSA) is 111 Å². The molecule has 0 heterocycles. The third kappa shape index (κ3) is 5.17. The molecule has 2 aromatic carbocycles. The quantitative estimate of drug-likeness (QED) is 0.469. The molecule has 0 radical (unpaired) electrons. The summed E-state index contributed by atoms with van der Waals surface area (Å²) in [6, 6.07) is 10.8. The molecule has 0 aliphatic heterocycles. The fourth-order valence-electron chi connectivity index (χ4n) is 2.18. The zero-order valence-corrected chi connectivity index (χ0v) is 14.2. The Morgan fingerprint density at radius 2 is 1.92 bits per heavy atom. The van der Waals surface area contributed by atoms with Gasteiger partial charge >= 0.3 is 0 Å². The van der Waals surface area contributed by atoms with E-state index in [0.717, 1.165) is 0 Å². The molecule has 0 unspecified atom stereocenters. The Kier molecular flexibility index (Phi) is 6.05. The van der Waals surface area contributed by atoms with Crippen molar-refractivity contribution in [1.29, 1.82) is 0 Å². The maximum atomic E-state index is 12.1. The van der Waals surface area contributed by atoms with E-state index in [-0.39, 0.29) is 11.6 Å². The summed E-state index contributed by atoms with van der Waals surface area (Å²) in [6.07, 6.45) is 2.72. The number of amides is 2. The van der Waals surface area contributed by atoms with Gasteiger partial charge < -0.3 is 15.4 Å². The molecule has 0 saturated heterocycles. The molecule has 0 fully saturated rings. The van der Waals surface area contributed by atoms with Crippen LogP contribution in [0.3, 0.4) is 0 Å². The van der Waals surface area contributed by atoms with Gasteiger partial charge in [-0.2, -0.15) is 0 Å². The minimum atomic E-state index is -0.504. The summed E-state index contributed by atoms with van der Waals surface area (Å²) in [4.78, 5) is 33.5. The number of benzene rings is 2. The Labute approximate surface area is 149 Å². The Hall–Kier alpha value is -3.68. The molecule has 2 N–H and O–H groups in total. The summed E-state index contributed by atoms with van der Waals surface area (Å²) in [6.45, 7) is 1.38. The first-order chi connectivity index (χ1) is 12.4. The summed E-state index contributed by atoms with van der Waals surface area (Å²) >= 11 is 0. The minimum absolute atomic E-state index is 0.0581. The van der Waals surface area contributed by atoms with Crippen molar-refractivity contribution < 1.29 is 19.2 Å². The molecule has 0 aliphatic rings. The largest absolute Gasteiger partial charge is 0.495 e. The van der Waals surface area contributed by atoms with Crippen LogP contribution in [0, 0.1) is 10.1 Å². The van der Waals surface area contributed by atoms with Crippen LogP contribution in [0.1, 0.15) is 12.5 Å². The van der Waals surface area contributed by atoms with Gasteiger partial charge in [-0.25, -0.2) is 0 Å². The van der Waals surface area contributed by atoms with Crippen molar-refractivity contribution in [2.24, 2.45) is 0 Å². The SMILES string of the molecule is COc1ccc(NC(C)=O)cc1NC(=O)C=Cc1cccc([N+](=O)[O-])c1. The third-order valence-corrected chi connectivity index (χ3v) is 3.29. The minimum Gasteiger partial charge on any atom is -0.495 e. The second kappa shape index (κ2) is 8.43. The Morgan fingerprint density at radius 3 is 2.58 bits per heavy atom. The highest BCUT2D eigenvalue weighted by Gasteiger charge is 2.08. The van der Waals surface area contributed by atoms with Crippen molar-refractivity contribution in [2.75, 3.05) is 17.7 Å². The molecule has 0 aliphatic carbocycles. The van der Waals surface area contributed by atoms with Gasteiger partial charge in [-0.15, -0.1) is 0 Å². The lowest BCUT2D eigenvalue weighted by atomic mass is 10.2. The molecule has 2 rings (SSSR count). The second-order valence-electron chi connectivity index (χ2n) is 5.27. The molecule has 8 nitrogen and oxygen atoms in total. The number of hydrogen-bond acceptors (Lipinski definition) is 5. The maximum absolute atomic E-state index is 12.1. The number of methoxy groups -OCH3 is 1. The van der Waals surface area contributed by atoms with E-state index in [1.807, 2.05) is 0 Å². The molecule has 0 spiro atoms. The zero-order valence-electron chi connectivity index (χ0n) is 14.2. The first kappa shape index (κ1) is 18.7. The number of hydrogen-bond donors (Lipinski definition) is 2. The molecule has 0 aromatic heterocycles. The number of ether oxygens (including phenoxy) is 1. The third-order valence-electron chi connectivity index (χ3n) is 3.29. The molecule has 8 heteroatoms. The highest BCUT2D eigenvalue weighted by atomic mass is 16.6. The number of nitrogens with zero attached hydrogens (tertiary/aromatic N) is 1. The molecular formula is C18H17N3O5. The van der Waals surface area contributed by atoms with Crippen molar-refractivity contribution in [3.63, 3.8) is 0 Å². The van der Waals surface area contributed by atoms with Crippen LogP contribution in [0.25, 0.3) is 6.08 Å². The number of nitrogens with one attached hydrogen (secondary N) is 2. The first-order valence-corrected chi connectivity index (χ1v) is 7.58. The lowest BCUT2D eigenvalue weighted by Crippen LogP contribution is -2.10. The molecule has 0 atom stereocenters. The number of carbonyl (C=O) groups excluding carboxylic acids is 2. The van der Waals surface area contributed by atoms with E-state index in [9.17, 15) is 19.7 Å². The Bertz CT molecular complexity index is 877. The number of rotatable bonds is 6. The van der Waals surface area contributed by atoms with Crippen LogP contribution in [0.15, 0.2) is 48.5 Å². The van der Waals surface area contributed by atoms with Gasteiger partial charge in [-0.05, 0) is 29.8 Å². The summed E-state index contributed by atoms with van der Waals surface area (Å²) in [5, 5.41) is 16.0. The summed E-state index contributed by atoms with van der Waals surface area (Å²) < 4.78 is 5.18. The van der Waals surface area contributed by atoms with Crippen molar-refractivity contribution >= 4 is 35.0 Å². The van der Waals surface area contributed by atoms with E-state index >= 15 is 0 Å². The van der Waals surface area contributed by atoms with Gasteiger partial charge in [-0.3, -0.25) is 19.7 Å². The zero-order chi connectivity index (χ0) is 19.1. The average Bonchev–Trinajstić information content (AvgIpc) is 2.60. The van der Waals surface area contributed by atoms with E-state index in [0.29, 0.717) is 22.7 Å². The standard InChI is InChI=1S/C18H17N3O5/c1-12(22)19-14-7-8-17(26-2)16(11-14)20-18(23)9-6-13-4-3-5-15(10-13)21(24)25/h3-11H,1-2H3,(H,19,22)(H,20,23). The van der Waals surface area contributed by atoms with Gasteiger partial charge in [0, 0.05) is 30.8 Å². The van der Waals surface area contributed by atoms with Crippen LogP contribution in [0.2, 0.25) is 0 Å². The lowest BCUT2D eigenvalue weighted by molar-refractivity contribution is -0.384. The Balaban J connectivity index is 2.15. The van der Waals surface area contributed by atoms with Crippen LogP contribution in [0.4, 0.5) is 17.1 Å². The Morgan fingerprint density at radius 1 is 1.15 bits per heavy atom. The van der Waals surface area contributed by atoms with Gasteiger partial charge in [-0.1, -0.05) is 12.1 Å². The van der Waals surface area contributed by atoms with Gasteiger partial charge in [0.2, 0.25) is 11.8 Å². The van der Waals surface area contributed by atoms with Gasteiger partial charge in [0.05, 0.1) is 17.7 Å². The van der Waals surface area contributed by atoms with E-state index < -0.39 is 10.8 Å². The van der Waals surface area contributed by atoms with Crippen LogP contribution >= 0.6 is 0 Å². The van der Waals surface area contributed by atoms with E-state index in [1.54, 1.807) is 24.3 Å². The van der Waals surface area contributed by atoms with Crippen molar-refractivity contribution in [3.8, 4) is 5.75 Å². The molecule has 0 bridgehead atoms. The van der Waals surface area contributed by atoms with Gasteiger partial charge in [0.15, 0.2) is 0 Å². The smallest absolute Gasteiger partial charge is 0.270 e. The fourth-order valence-corrected chi connectivity index (χ4v) is 2.18. The van der Waals surface area contributed by atoms with Crippen molar-refractivity contribution in [3.05, 3.63) is 64.2 Å². The summed E-state index contributed by atoms with van der Waals surface area (Å²) in [5.41, 5.74) is 1.36. The number of nitro benzene ring substituents is 1. The molecule has 2 amide bonds. The summed E-state index contributed by atoms with van der Waals surface area (Å²) in [7, 11) is 1.46. The fraction of sp³-hybridized carbons (Fsp3) is 0.111. The average molecular weight is 355 g/mol. The molecule has 134 valence electrons. The molecule has 2 aromatic rings. The molecular weight excluding hydrogens is 338 g/mol. The molecule has 26 heavy (non-hydrogen) atoms. The summed E-state index contributed by atoms with van der Waals surface area (Å²) in [5.74, 6) is -0.260. The van der Waals surface area contributed by atoms with E-state index in [2.05, 4.69) is 10.6 Å². The predicted octanol–water partition coefficient (Wildman–Crippen LogP) is 3.21. The lowest BCUT2D eigenvalue weighted by Gasteiger charge is -2.11. The predicted molar refractivity (Wildman–Crippen MR) is 98.1 cm³/mol. The maximum Gasteiger partial charge on any atom is 0.270 e. The van der Waals surface area contributed by atoms with Gasteiger partial charge in [0.1, 0.15) is 5.75 Å². The number of nitro groups is 1. The first-order valence-electron chi connectivity index (χ1n) is 7.58. The van der Waals surface area contributed by atoms with Crippen LogP contribution in [-0.4, -0.2) is 23.8 Å². The molecule has 0 saturated carbocycles. The number of carbonyl (C=O) groups is 2. The van der Waals surface area contributed by atoms with E-state index in [1.165, 1.54) is 44.4 Å². The van der Waals surface area contributed by atoms with Crippen molar-refractivity contribution in [2.45, 2.75) is 6.92 Å². The van der Waals surface area contributed by atoms with Gasteiger partial charge in [0.25, 0.3) is 5.69 Å². The number of anilines is 2. The number of non-ortho nitro benzene ring substituents is 1. The second-order valence-corrected chi connectivity index (χ2v) is 5.27. The van der Waals surface area contributed by atoms with Crippen LogP contribution in [0.5, 0.6) is 5.75 Å². The highest BCUT2D eigenvalue weighted by Crippen LogP contribution is 2.28. The normalized spacial score (nSPS) is 10.4. The van der Waals surface area contributed by atoms with E-state index in [4.69, 9.17) is 4.74 Å².